The van der Waals surface area contributed by atoms with E-state index in [4.69, 9.17) is 0 Å². The minimum absolute atomic E-state index is 0.0937. The number of alkyl halides is 3. The van der Waals surface area contributed by atoms with Crippen molar-refractivity contribution in [3.63, 3.8) is 0 Å². The fourth-order valence-electron chi connectivity index (χ4n) is 1.48. The Bertz CT molecular complexity index is 600. The molecule has 0 aliphatic carbocycles. The first kappa shape index (κ1) is 12.3. The lowest BCUT2D eigenvalue weighted by atomic mass is 10.3. The molecule has 0 aliphatic rings. The minimum Gasteiger partial charge on any atom is -0.274 e. The van der Waals surface area contributed by atoms with Gasteiger partial charge in [-0.25, -0.2) is 9.48 Å². The fraction of sp³-hybridized carbons (Fsp3) is 0.300. The largest absolute Gasteiger partial charge is 0.451 e. The molecule has 0 spiro atoms. The normalized spacial score (nSPS) is 11.8. The van der Waals surface area contributed by atoms with Crippen molar-refractivity contribution in [1.29, 1.82) is 0 Å². The van der Waals surface area contributed by atoms with Gasteiger partial charge in [-0.05, 0) is 12.1 Å². The highest BCUT2D eigenvalue weighted by Crippen LogP contribution is 2.25. The summed E-state index contributed by atoms with van der Waals surface area (Å²) >= 11 is 0. The first-order chi connectivity index (χ1) is 8.39. The molecule has 0 saturated heterocycles. The molecule has 0 radical (unpaired) electrons. The molecule has 2 heterocycles. The molecule has 0 atom stereocenters. The van der Waals surface area contributed by atoms with Gasteiger partial charge in [0.2, 0.25) is 5.82 Å². The monoisotopic (exact) mass is 258 g/mol. The number of rotatable bonds is 2. The Morgan fingerprint density at radius 3 is 2.56 bits per heavy atom. The molecule has 0 aliphatic heterocycles. The third kappa shape index (κ3) is 2.27. The van der Waals surface area contributed by atoms with Crippen molar-refractivity contribution in [3.8, 4) is 0 Å². The summed E-state index contributed by atoms with van der Waals surface area (Å²) in [5.74, 6) is -1.22. The topological polar surface area (TPSA) is 52.7 Å². The van der Waals surface area contributed by atoms with E-state index in [1.54, 1.807) is 18.2 Å². The summed E-state index contributed by atoms with van der Waals surface area (Å²) < 4.78 is 38.8. The van der Waals surface area contributed by atoms with Crippen LogP contribution in [0.15, 0.2) is 29.2 Å². The standard InChI is InChI=1S/C10H9F3N4O/c1-16-8(10(11,12)13)15-17(9(16)18)6-7-4-2-3-5-14-7/h2-5H,6H2,1H3. The lowest BCUT2D eigenvalue weighted by molar-refractivity contribution is -0.147. The van der Waals surface area contributed by atoms with E-state index in [0.717, 1.165) is 11.7 Å². The van der Waals surface area contributed by atoms with Gasteiger partial charge in [0.05, 0.1) is 12.2 Å². The molecule has 0 amide bonds. The van der Waals surface area contributed by atoms with Crippen LogP contribution in [-0.2, 0) is 19.8 Å². The van der Waals surface area contributed by atoms with Crippen molar-refractivity contribution in [2.45, 2.75) is 12.7 Å². The van der Waals surface area contributed by atoms with E-state index < -0.39 is 17.7 Å². The number of pyridine rings is 1. The van der Waals surface area contributed by atoms with Gasteiger partial charge >= 0.3 is 11.9 Å². The van der Waals surface area contributed by atoms with E-state index in [1.807, 2.05) is 0 Å². The predicted molar refractivity (Wildman–Crippen MR) is 55.8 cm³/mol. The summed E-state index contributed by atoms with van der Waals surface area (Å²) in [4.78, 5) is 15.5. The van der Waals surface area contributed by atoms with Crippen molar-refractivity contribution in [2.75, 3.05) is 0 Å². The van der Waals surface area contributed by atoms with Crippen LogP contribution in [0.3, 0.4) is 0 Å². The SMILES string of the molecule is Cn1c(C(F)(F)F)nn(Cc2ccccn2)c1=O. The summed E-state index contributed by atoms with van der Waals surface area (Å²) in [6, 6.07) is 4.96. The Labute approximate surface area is 99.5 Å². The average molecular weight is 258 g/mol. The quantitative estimate of drug-likeness (QED) is 0.808. The molecule has 0 fully saturated rings. The summed E-state index contributed by atoms with van der Waals surface area (Å²) in [6.45, 7) is -0.0937. The maximum Gasteiger partial charge on any atom is 0.451 e. The highest BCUT2D eigenvalue weighted by molar-refractivity contribution is 5.04. The predicted octanol–water partition coefficient (Wildman–Crippen LogP) is 1.04. The highest BCUT2D eigenvalue weighted by atomic mass is 19.4. The summed E-state index contributed by atoms with van der Waals surface area (Å²) in [5, 5.41) is 3.28. The molecule has 0 unspecified atom stereocenters. The second-order valence-corrected chi connectivity index (χ2v) is 3.64. The maximum absolute atomic E-state index is 12.5. The van der Waals surface area contributed by atoms with Crippen LogP contribution in [0.4, 0.5) is 13.2 Å². The van der Waals surface area contributed by atoms with E-state index in [0.29, 0.717) is 10.3 Å². The van der Waals surface area contributed by atoms with Gasteiger partial charge in [-0.15, -0.1) is 5.10 Å². The van der Waals surface area contributed by atoms with Gasteiger partial charge in [0.15, 0.2) is 0 Å². The summed E-state index contributed by atoms with van der Waals surface area (Å²) in [6.07, 6.45) is -3.16. The minimum atomic E-state index is -4.65. The van der Waals surface area contributed by atoms with Crippen LogP contribution in [0.25, 0.3) is 0 Å². The zero-order valence-corrected chi connectivity index (χ0v) is 9.35. The first-order valence-corrected chi connectivity index (χ1v) is 5.00. The third-order valence-corrected chi connectivity index (χ3v) is 2.33. The third-order valence-electron chi connectivity index (χ3n) is 2.33. The Morgan fingerprint density at radius 1 is 1.33 bits per heavy atom. The smallest absolute Gasteiger partial charge is 0.274 e. The van der Waals surface area contributed by atoms with Gasteiger partial charge < -0.3 is 0 Å². The molecule has 0 N–H and O–H groups in total. The van der Waals surface area contributed by atoms with Crippen molar-refractivity contribution in [3.05, 3.63) is 46.4 Å². The summed E-state index contributed by atoms with van der Waals surface area (Å²) in [7, 11) is 1.03. The number of halogens is 3. The first-order valence-electron chi connectivity index (χ1n) is 5.00. The van der Waals surface area contributed by atoms with Gasteiger partial charge in [-0.3, -0.25) is 9.55 Å². The van der Waals surface area contributed by atoms with Crippen LogP contribution < -0.4 is 5.69 Å². The molecule has 2 aromatic rings. The number of hydrogen-bond donors (Lipinski definition) is 0. The Morgan fingerprint density at radius 2 is 2.06 bits per heavy atom. The molecule has 5 nitrogen and oxygen atoms in total. The molecule has 18 heavy (non-hydrogen) atoms. The molecular weight excluding hydrogens is 249 g/mol. The summed E-state index contributed by atoms with van der Waals surface area (Å²) in [5.41, 5.74) is -0.362. The molecule has 0 aromatic carbocycles. The van der Waals surface area contributed by atoms with Crippen LogP contribution in [-0.4, -0.2) is 19.3 Å². The van der Waals surface area contributed by atoms with E-state index >= 15 is 0 Å². The number of aromatic nitrogens is 4. The molecule has 0 bridgehead atoms. The van der Waals surface area contributed by atoms with Gasteiger partial charge in [0.25, 0.3) is 0 Å². The van der Waals surface area contributed by atoms with Crippen molar-refractivity contribution in [2.24, 2.45) is 7.05 Å². The van der Waals surface area contributed by atoms with E-state index in [2.05, 4.69) is 10.1 Å². The molecule has 2 rings (SSSR count). The Kier molecular flexibility index (Phi) is 2.93. The van der Waals surface area contributed by atoms with Gasteiger partial charge in [-0.1, -0.05) is 6.07 Å². The lowest BCUT2D eigenvalue weighted by Gasteiger charge is -2.02. The van der Waals surface area contributed by atoms with Crippen molar-refractivity contribution >= 4 is 0 Å². The Balaban J connectivity index is 2.39. The zero-order valence-electron chi connectivity index (χ0n) is 9.35. The molecule has 2 aromatic heterocycles. The maximum atomic E-state index is 12.5. The van der Waals surface area contributed by atoms with Crippen molar-refractivity contribution in [1.82, 2.24) is 19.3 Å². The van der Waals surface area contributed by atoms with Gasteiger partial charge in [0, 0.05) is 13.2 Å². The van der Waals surface area contributed by atoms with Gasteiger partial charge in [-0.2, -0.15) is 13.2 Å². The van der Waals surface area contributed by atoms with E-state index in [1.165, 1.54) is 6.20 Å². The number of hydrogen-bond acceptors (Lipinski definition) is 3. The molecule has 0 saturated carbocycles. The zero-order chi connectivity index (χ0) is 13.3. The second-order valence-electron chi connectivity index (χ2n) is 3.64. The van der Waals surface area contributed by atoms with Crippen LogP contribution in [0.1, 0.15) is 11.5 Å². The van der Waals surface area contributed by atoms with Crippen LogP contribution in [0, 0.1) is 0 Å². The Hall–Kier alpha value is -2.12. The second kappa shape index (κ2) is 4.28. The molecule has 8 heteroatoms. The molecular formula is C10H9F3N4O. The van der Waals surface area contributed by atoms with Crippen molar-refractivity contribution < 1.29 is 13.2 Å². The van der Waals surface area contributed by atoms with Crippen LogP contribution >= 0.6 is 0 Å². The fourth-order valence-corrected chi connectivity index (χ4v) is 1.48. The van der Waals surface area contributed by atoms with Gasteiger partial charge in [0.1, 0.15) is 0 Å². The molecule has 96 valence electrons. The lowest BCUT2D eigenvalue weighted by Crippen LogP contribution is -2.25. The van der Waals surface area contributed by atoms with E-state index in [9.17, 15) is 18.0 Å². The highest BCUT2D eigenvalue weighted by Gasteiger charge is 2.37. The number of nitrogens with zero attached hydrogens (tertiary/aromatic N) is 4. The van der Waals surface area contributed by atoms with Crippen LogP contribution in [0.2, 0.25) is 0 Å². The van der Waals surface area contributed by atoms with Crippen LogP contribution in [0.5, 0.6) is 0 Å². The average Bonchev–Trinajstić information content (AvgIpc) is 2.58. The van der Waals surface area contributed by atoms with E-state index in [-0.39, 0.29) is 6.54 Å².